The summed E-state index contributed by atoms with van der Waals surface area (Å²) in [5, 5.41) is 0. The fourth-order valence-electron chi connectivity index (χ4n) is 2.28. The first kappa shape index (κ1) is 15.1. The third kappa shape index (κ3) is 3.63. The van der Waals surface area contributed by atoms with Crippen molar-refractivity contribution in [2.24, 2.45) is 5.92 Å². The highest BCUT2D eigenvalue weighted by atomic mass is 16.5. The topological polar surface area (TPSA) is 52.3 Å². The summed E-state index contributed by atoms with van der Waals surface area (Å²) in [7, 11) is 1.57. The van der Waals surface area contributed by atoms with Crippen LogP contribution in [-0.2, 0) is 6.42 Å². The van der Waals surface area contributed by atoms with Crippen LogP contribution in [-0.4, -0.2) is 12.9 Å². The number of hydrogen-bond donors (Lipinski definition) is 1. The third-order valence-corrected chi connectivity index (χ3v) is 3.37. The van der Waals surface area contributed by atoms with Crippen LogP contribution in [0.2, 0.25) is 0 Å². The molecular formula is C18H21NO2. The molecule has 110 valence electrons. The summed E-state index contributed by atoms with van der Waals surface area (Å²) >= 11 is 0. The molecule has 0 amide bonds. The summed E-state index contributed by atoms with van der Waals surface area (Å²) in [6.45, 7) is 4.35. The largest absolute Gasteiger partial charge is 0.497 e. The van der Waals surface area contributed by atoms with E-state index in [0.29, 0.717) is 28.5 Å². The Morgan fingerprint density at radius 1 is 1.14 bits per heavy atom. The second-order valence-electron chi connectivity index (χ2n) is 5.58. The lowest BCUT2D eigenvalue weighted by molar-refractivity contribution is 0.103. The Hall–Kier alpha value is -2.29. The van der Waals surface area contributed by atoms with E-state index < -0.39 is 0 Å². The molecule has 0 bridgehead atoms. The molecule has 0 unspecified atom stereocenters. The van der Waals surface area contributed by atoms with Crippen LogP contribution < -0.4 is 10.5 Å². The summed E-state index contributed by atoms with van der Waals surface area (Å²) in [4.78, 5) is 12.5. The van der Waals surface area contributed by atoms with E-state index in [2.05, 4.69) is 13.8 Å². The van der Waals surface area contributed by atoms with Crippen molar-refractivity contribution in [3.8, 4) is 5.75 Å². The molecule has 0 fully saturated rings. The van der Waals surface area contributed by atoms with Crippen LogP contribution in [0.5, 0.6) is 5.75 Å². The number of ketones is 1. The number of benzene rings is 2. The van der Waals surface area contributed by atoms with Gasteiger partial charge in [0.05, 0.1) is 7.11 Å². The van der Waals surface area contributed by atoms with Gasteiger partial charge in [0.2, 0.25) is 0 Å². The SMILES string of the molecule is COc1ccc(N)c(C(=O)c2ccc(CC(C)C)cc2)c1. The molecule has 2 aromatic rings. The Kier molecular flexibility index (Phi) is 4.63. The lowest BCUT2D eigenvalue weighted by Crippen LogP contribution is -2.06. The van der Waals surface area contributed by atoms with Crippen molar-refractivity contribution in [3.05, 3.63) is 59.2 Å². The number of hydrogen-bond acceptors (Lipinski definition) is 3. The van der Waals surface area contributed by atoms with Crippen LogP contribution in [0.25, 0.3) is 0 Å². The van der Waals surface area contributed by atoms with Crippen molar-refractivity contribution in [1.82, 2.24) is 0 Å². The van der Waals surface area contributed by atoms with Crippen LogP contribution in [0.4, 0.5) is 5.69 Å². The number of rotatable bonds is 5. The van der Waals surface area contributed by atoms with Gasteiger partial charge in [-0.05, 0) is 36.1 Å². The average molecular weight is 283 g/mol. The fraction of sp³-hybridized carbons (Fsp3) is 0.278. The maximum atomic E-state index is 12.5. The van der Waals surface area contributed by atoms with E-state index in [1.54, 1.807) is 25.3 Å². The predicted molar refractivity (Wildman–Crippen MR) is 85.8 cm³/mol. The van der Waals surface area contributed by atoms with Crippen molar-refractivity contribution < 1.29 is 9.53 Å². The molecule has 0 radical (unpaired) electrons. The van der Waals surface area contributed by atoms with Gasteiger partial charge in [-0.1, -0.05) is 38.1 Å². The second-order valence-corrected chi connectivity index (χ2v) is 5.58. The minimum absolute atomic E-state index is 0.0810. The van der Waals surface area contributed by atoms with Crippen molar-refractivity contribution in [2.75, 3.05) is 12.8 Å². The smallest absolute Gasteiger partial charge is 0.195 e. The number of carbonyl (C=O) groups excluding carboxylic acids is 1. The molecule has 2 N–H and O–H groups in total. The van der Waals surface area contributed by atoms with Crippen molar-refractivity contribution >= 4 is 11.5 Å². The van der Waals surface area contributed by atoms with Gasteiger partial charge in [0.25, 0.3) is 0 Å². The van der Waals surface area contributed by atoms with Gasteiger partial charge >= 0.3 is 0 Å². The summed E-state index contributed by atoms with van der Waals surface area (Å²) in [6, 6.07) is 12.8. The van der Waals surface area contributed by atoms with Crippen LogP contribution in [0, 0.1) is 5.92 Å². The first-order chi connectivity index (χ1) is 10.0. The summed E-state index contributed by atoms with van der Waals surface area (Å²) in [5.74, 6) is 1.15. The maximum absolute atomic E-state index is 12.5. The van der Waals surface area contributed by atoms with E-state index >= 15 is 0 Å². The molecule has 0 aromatic heterocycles. The predicted octanol–water partition coefficient (Wildman–Crippen LogP) is 3.71. The van der Waals surface area contributed by atoms with Crippen molar-refractivity contribution in [3.63, 3.8) is 0 Å². The van der Waals surface area contributed by atoms with Gasteiger partial charge in [-0.25, -0.2) is 0 Å². The zero-order valence-electron chi connectivity index (χ0n) is 12.7. The highest BCUT2D eigenvalue weighted by Crippen LogP contribution is 2.23. The molecule has 0 aliphatic heterocycles. The van der Waals surface area contributed by atoms with E-state index in [9.17, 15) is 4.79 Å². The second kappa shape index (κ2) is 6.44. The number of anilines is 1. The molecule has 0 aliphatic rings. The standard InChI is InChI=1S/C18H21NO2/c1-12(2)10-13-4-6-14(7-5-13)18(20)16-11-15(21-3)8-9-17(16)19/h4-9,11-12H,10,19H2,1-3H3. The van der Waals surface area contributed by atoms with E-state index in [1.165, 1.54) is 5.56 Å². The fourth-order valence-corrected chi connectivity index (χ4v) is 2.28. The average Bonchev–Trinajstić information content (AvgIpc) is 2.47. The first-order valence-corrected chi connectivity index (χ1v) is 7.08. The Morgan fingerprint density at radius 2 is 1.81 bits per heavy atom. The summed E-state index contributed by atoms with van der Waals surface area (Å²) < 4.78 is 5.15. The molecule has 3 nitrogen and oxygen atoms in total. The molecule has 0 heterocycles. The molecule has 0 atom stereocenters. The van der Waals surface area contributed by atoms with Crippen molar-refractivity contribution in [1.29, 1.82) is 0 Å². The lowest BCUT2D eigenvalue weighted by atomic mass is 9.97. The van der Waals surface area contributed by atoms with Gasteiger partial charge in [0, 0.05) is 16.8 Å². The van der Waals surface area contributed by atoms with E-state index in [4.69, 9.17) is 10.5 Å². The van der Waals surface area contributed by atoms with Gasteiger partial charge < -0.3 is 10.5 Å². The molecule has 2 aromatic carbocycles. The highest BCUT2D eigenvalue weighted by Gasteiger charge is 2.13. The molecular weight excluding hydrogens is 262 g/mol. The number of nitrogens with two attached hydrogens (primary N) is 1. The number of ether oxygens (including phenoxy) is 1. The van der Waals surface area contributed by atoms with Crippen molar-refractivity contribution in [2.45, 2.75) is 20.3 Å². The first-order valence-electron chi connectivity index (χ1n) is 7.08. The van der Waals surface area contributed by atoms with Crippen LogP contribution in [0.15, 0.2) is 42.5 Å². The maximum Gasteiger partial charge on any atom is 0.195 e. The molecule has 0 aliphatic carbocycles. The molecule has 21 heavy (non-hydrogen) atoms. The van der Waals surface area contributed by atoms with Crippen LogP contribution in [0.1, 0.15) is 35.3 Å². The van der Waals surface area contributed by atoms with Gasteiger partial charge in [0.15, 0.2) is 5.78 Å². The van der Waals surface area contributed by atoms with Crippen LogP contribution in [0.3, 0.4) is 0 Å². The Morgan fingerprint density at radius 3 is 2.38 bits per heavy atom. The Labute approximate surface area is 125 Å². The van der Waals surface area contributed by atoms with Crippen LogP contribution >= 0.6 is 0 Å². The molecule has 0 saturated carbocycles. The normalized spacial score (nSPS) is 10.7. The number of carbonyl (C=O) groups is 1. The van der Waals surface area contributed by atoms with E-state index in [-0.39, 0.29) is 5.78 Å². The van der Waals surface area contributed by atoms with Gasteiger partial charge in [-0.15, -0.1) is 0 Å². The molecule has 0 spiro atoms. The number of methoxy groups -OCH3 is 1. The Balaban J connectivity index is 2.27. The highest BCUT2D eigenvalue weighted by molar-refractivity contribution is 6.12. The summed E-state index contributed by atoms with van der Waals surface area (Å²) in [6.07, 6.45) is 1.01. The minimum Gasteiger partial charge on any atom is -0.497 e. The molecule has 0 saturated heterocycles. The zero-order valence-corrected chi connectivity index (χ0v) is 12.7. The van der Waals surface area contributed by atoms with E-state index in [0.717, 1.165) is 6.42 Å². The third-order valence-electron chi connectivity index (χ3n) is 3.37. The quantitative estimate of drug-likeness (QED) is 0.672. The number of nitrogen functional groups attached to an aromatic ring is 1. The summed E-state index contributed by atoms with van der Waals surface area (Å²) in [5.41, 5.74) is 8.72. The van der Waals surface area contributed by atoms with Gasteiger partial charge in [-0.2, -0.15) is 0 Å². The molecule has 2 rings (SSSR count). The van der Waals surface area contributed by atoms with Gasteiger partial charge in [0.1, 0.15) is 5.75 Å². The van der Waals surface area contributed by atoms with Gasteiger partial charge in [-0.3, -0.25) is 4.79 Å². The molecule has 3 heteroatoms. The van der Waals surface area contributed by atoms with E-state index in [1.807, 2.05) is 24.3 Å². The monoisotopic (exact) mass is 283 g/mol. The zero-order chi connectivity index (χ0) is 15.4. The Bertz CT molecular complexity index is 630. The minimum atomic E-state index is -0.0810. The lowest BCUT2D eigenvalue weighted by Gasteiger charge is -2.09.